The van der Waals surface area contributed by atoms with Crippen molar-refractivity contribution in [1.82, 2.24) is 0 Å². The molecule has 0 aromatic carbocycles. The molecule has 5 heterocycles. The molecule has 11 heteroatoms. The molecule has 1 aromatic rings. The fourth-order valence-electron chi connectivity index (χ4n) is 7.71. The standard InChI is InChI=1S/C26H32O11/c1-24-9-15(12-5-8-33-11-12)34-21(31)13(24)3-6-25(2)20(24)14-4-7-26(25,23(32)36-14)37-22-19(30)18(29)17(28)16(10-27)35-22/h4-5,7-8,11,13-20,22,27-30H,3,6,9-10H2,1-2H3/t13-,14+,15-,16+,17+,18-,19+,20-,22-,24+,25+,26-/m0/s1. The molecule has 1 aromatic heterocycles. The van der Waals surface area contributed by atoms with Crippen molar-refractivity contribution in [3.8, 4) is 0 Å². The number of rotatable bonds is 4. The van der Waals surface area contributed by atoms with E-state index in [0.29, 0.717) is 19.3 Å². The zero-order valence-electron chi connectivity index (χ0n) is 20.6. The van der Waals surface area contributed by atoms with Crippen molar-refractivity contribution in [2.24, 2.45) is 22.7 Å². The van der Waals surface area contributed by atoms with Crippen molar-refractivity contribution in [1.29, 1.82) is 0 Å². The number of furan rings is 1. The summed E-state index contributed by atoms with van der Waals surface area (Å²) in [4.78, 5) is 26.7. The second kappa shape index (κ2) is 8.36. The number of aliphatic hydroxyl groups excluding tert-OH is 4. The van der Waals surface area contributed by atoms with E-state index in [9.17, 15) is 30.0 Å². The molecular formula is C26H32O11. The highest BCUT2D eigenvalue weighted by Gasteiger charge is 2.74. The molecular weight excluding hydrogens is 488 g/mol. The lowest BCUT2D eigenvalue weighted by atomic mass is 9.42. The monoisotopic (exact) mass is 520 g/mol. The number of hydrogen-bond acceptors (Lipinski definition) is 11. The maximum absolute atomic E-state index is 13.5. The topological polar surface area (TPSA) is 165 Å². The Kier molecular flexibility index (Phi) is 5.65. The van der Waals surface area contributed by atoms with Gasteiger partial charge in [-0.2, -0.15) is 0 Å². The first-order valence-electron chi connectivity index (χ1n) is 12.7. The second-order valence-corrected chi connectivity index (χ2v) is 11.5. The van der Waals surface area contributed by atoms with Gasteiger partial charge in [0.25, 0.3) is 0 Å². The van der Waals surface area contributed by atoms with Gasteiger partial charge < -0.3 is 43.8 Å². The Morgan fingerprint density at radius 2 is 1.89 bits per heavy atom. The van der Waals surface area contributed by atoms with Gasteiger partial charge in [0.1, 0.15) is 36.6 Å². The minimum atomic E-state index is -1.69. The van der Waals surface area contributed by atoms with Gasteiger partial charge in [-0.15, -0.1) is 0 Å². The van der Waals surface area contributed by atoms with Crippen LogP contribution in [0.4, 0.5) is 0 Å². The van der Waals surface area contributed by atoms with Gasteiger partial charge in [-0.25, -0.2) is 4.79 Å². The summed E-state index contributed by atoms with van der Waals surface area (Å²) in [5.41, 5.74) is -2.45. The molecule has 12 atom stereocenters. The molecule has 202 valence electrons. The SMILES string of the molecule is C[C@@]12C[C@@H](c3ccoc3)OC(=O)[C@@H]1CC[C@]1(C)[C@H]2[C@H]2C=C[C@]1(O[C@@H]1O[C@H](CO)[C@@H](O)[C@H](O)[C@H]1O)C(=O)O2. The molecule has 11 nitrogen and oxygen atoms in total. The largest absolute Gasteiger partial charge is 0.472 e. The summed E-state index contributed by atoms with van der Waals surface area (Å²) in [5.74, 6) is -1.71. The van der Waals surface area contributed by atoms with Gasteiger partial charge in [0, 0.05) is 16.9 Å². The Morgan fingerprint density at radius 1 is 1.11 bits per heavy atom. The Morgan fingerprint density at radius 3 is 2.57 bits per heavy atom. The molecule has 0 spiro atoms. The number of cyclic esters (lactones) is 1. The molecule has 0 amide bonds. The first-order valence-corrected chi connectivity index (χ1v) is 12.7. The fraction of sp³-hybridized carbons (Fsp3) is 0.692. The van der Waals surface area contributed by atoms with Crippen LogP contribution in [0, 0.1) is 22.7 Å². The highest BCUT2D eigenvalue weighted by Crippen LogP contribution is 2.68. The zero-order valence-corrected chi connectivity index (χ0v) is 20.6. The normalized spacial score (nSPS) is 50.7. The third-order valence-electron chi connectivity index (χ3n) is 9.62. The number of aliphatic hydroxyl groups is 4. The van der Waals surface area contributed by atoms with E-state index >= 15 is 0 Å². The second-order valence-electron chi connectivity index (χ2n) is 11.5. The third kappa shape index (κ3) is 3.28. The summed E-state index contributed by atoms with van der Waals surface area (Å²) in [6.07, 6.45) is -0.916. The van der Waals surface area contributed by atoms with E-state index in [1.165, 1.54) is 6.26 Å². The summed E-state index contributed by atoms with van der Waals surface area (Å²) < 4.78 is 28.7. The van der Waals surface area contributed by atoms with E-state index in [2.05, 4.69) is 0 Å². The van der Waals surface area contributed by atoms with Gasteiger partial charge >= 0.3 is 11.9 Å². The van der Waals surface area contributed by atoms with Crippen molar-refractivity contribution in [3.05, 3.63) is 36.3 Å². The third-order valence-corrected chi connectivity index (χ3v) is 9.62. The Hall–Kier alpha value is -2.28. The Labute approximate surface area is 212 Å². The summed E-state index contributed by atoms with van der Waals surface area (Å²) >= 11 is 0. The van der Waals surface area contributed by atoms with Gasteiger partial charge in [0.2, 0.25) is 0 Å². The minimum absolute atomic E-state index is 0.303. The highest BCUT2D eigenvalue weighted by molar-refractivity contribution is 5.87. The highest BCUT2D eigenvalue weighted by atomic mass is 16.7. The van der Waals surface area contributed by atoms with E-state index in [1.807, 2.05) is 13.8 Å². The molecule has 4 N–H and O–H groups in total. The van der Waals surface area contributed by atoms with Crippen molar-refractivity contribution in [2.75, 3.05) is 6.61 Å². The van der Waals surface area contributed by atoms with Crippen molar-refractivity contribution >= 4 is 11.9 Å². The maximum atomic E-state index is 13.5. The fourth-order valence-corrected chi connectivity index (χ4v) is 7.71. The first kappa shape index (κ1) is 25.0. The van der Waals surface area contributed by atoms with Crippen LogP contribution in [0.25, 0.3) is 0 Å². The average molecular weight is 521 g/mol. The number of hydrogen-bond donors (Lipinski definition) is 4. The number of ether oxygens (including phenoxy) is 4. The summed E-state index contributed by atoms with van der Waals surface area (Å²) in [6.45, 7) is 3.32. The number of esters is 2. The number of carbonyl (C=O) groups excluding carboxylic acids is 2. The van der Waals surface area contributed by atoms with Crippen LogP contribution in [0.3, 0.4) is 0 Å². The van der Waals surface area contributed by atoms with Gasteiger partial charge in [-0.3, -0.25) is 4.79 Å². The van der Waals surface area contributed by atoms with Crippen LogP contribution in [-0.4, -0.2) is 81.4 Å². The van der Waals surface area contributed by atoms with E-state index in [4.69, 9.17) is 23.4 Å². The van der Waals surface area contributed by atoms with E-state index in [-0.39, 0.29) is 11.9 Å². The van der Waals surface area contributed by atoms with Gasteiger partial charge in [-0.1, -0.05) is 13.8 Å². The first-order chi connectivity index (χ1) is 17.6. The number of fused-ring (bicyclic) bond motifs is 2. The molecule has 2 aliphatic carbocycles. The quantitative estimate of drug-likeness (QED) is 0.320. The molecule has 2 bridgehead atoms. The summed E-state index contributed by atoms with van der Waals surface area (Å²) in [5, 5.41) is 40.8. The predicted octanol–water partition coefficient (Wildman–Crippen LogP) is 0.357. The lowest BCUT2D eigenvalue weighted by Crippen LogP contribution is -2.74. The van der Waals surface area contributed by atoms with Crippen LogP contribution in [0.5, 0.6) is 0 Å². The maximum Gasteiger partial charge on any atom is 0.343 e. The molecule has 3 saturated heterocycles. The van der Waals surface area contributed by atoms with Crippen LogP contribution < -0.4 is 0 Å². The molecule has 0 radical (unpaired) electrons. The average Bonchev–Trinajstić information content (AvgIpc) is 3.40. The summed E-state index contributed by atoms with van der Waals surface area (Å²) in [7, 11) is 0. The van der Waals surface area contributed by atoms with Gasteiger partial charge in [0.05, 0.1) is 25.1 Å². The van der Waals surface area contributed by atoms with Crippen molar-refractivity contribution in [2.45, 2.75) is 81.6 Å². The molecule has 6 aliphatic rings. The smallest absolute Gasteiger partial charge is 0.343 e. The number of carbonyl (C=O) groups is 2. The van der Waals surface area contributed by atoms with Crippen LogP contribution in [0.15, 0.2) is 35.2 Å². The lowest BCUT2D eigenvalue weighted by molar-refractivity contribution is -0.350. The zero-order chi connectivity index (χ0) is 26.3. The lowest BCUT2D eigenvalue weighted by Gasteiger charge is -2.67. The molecule has 7 rings (SSSR count). The Balaban J connectivity index is 1.38. The van der Waals surface area contributed by atoms with E-state index in [0.717, 1.165) is 5.56 Å². The summed E-state index contributed by atoms with van der Waals surface area (Å²) in [6, 6.07) is 1.76. The van der Waals surface area contributed by atoms with Crippen LogP contribution >= 0.6 is 0 Å². The van der Waals surface area contributed by atoms with Crippen LogP contribution in [0.2, 0.25) is 0 Å². The van der Waals surface area contributed by atoms with Gasteiger partial charge in [0.15, 0.2) is 11.9 Å². The Bertz CT molecular complexity index is 1100. The molecule has 0 unspecified atom stereocenters. The van der Waals surface area contributed by atoms with Gasteiger partial charge in [-0.05, 0) is 42.9 Å². The molecule has 4 aliphatic heterocycles. The molecule has 4 fully saturated rings. The van der Waals surface area contributed by atoms with Crippen molar-refractivity contribution in [3.63, 3.8) is 0 Å². The van der Waals surface area contributed by atoms with Crippen LogP contribution in [-0.2, 0) is 28.5 Å². The minimum Gasteiger partial charge on any atom is -0.472 e. The van der Waals surface area contributed by atoms with Crippen molar-refractivity contribution < 1.29 is 53.4 Å². The predicted molar refractivity (Wildman–Crippen MR) is 121 cm³/mol. The van der Waals surface area contributed by atoms with E-state index in [1.54, 1.807) is 24.5 Å². The van der Waals surface area contributed by atoms with Crippen LogP contribution in [0.1, 0.15) is 44.8 Å². The molecule has 37 heavy (non-hydrogen) atoms. The molecule has 1 saturated carbocycles. The van der Waals surface area contributed by atoms with E-state index < -0.39 is 77.8 Å².